The first kappa shape index (κ1) is 20.3. The molecule has 0 saturated carbocycles. The molecule has 0 fully saturated rings. The second-order valence-electron chi connectivity index (χ2n) is 5.54. The van der Waals surface area contributed by atoms with Crippen LogP contribution in [0.1, 0.15) is 31.8 Å². The lowest BCUT2D eigenvalue weighted by atomic mass is 10.1. The fraction of sp³-hybridized carbons (Fsp3) is 0.150. The van der Waals surface area contributed by atoms with Crippen LogP contribution in [0.25, 0.3) is 6.08 Å². The Hall–Kier alpha value is -3.06. The van der Waals surface area contributed by atoms with Crippen molar-refractivity contribution in [1.82, 2.24) is 0 Å². The van der Waals surface area contributed by atoms with Crippen molar-refractivity contribution in [2.75, 3.05) is 12.9 Å². The summed E-state index contributed by atoms with van der Waals surface area (Å²) in [7, 11) is 1.52. The zero-order valence-electron chi connectivity index (χ0n) is 14.5. The van der Waals surface area contributed by atoms with Crippen molar-refractivity contribution < 1.29 is 29.3 Å². The third kappa shape index (κ3) is 6.00. The third-order valence-electron chi connectivity index (χ3n) is 3.63. The monoisotopic (exact) mass is 386 g/mol. The number of hydrogen-bond acceptors (Lipinski definition) is 5. The summed E-state index contributed by atoms with van der Waals surface area (Å²) in [5, 5.41) is 17.6. The molecule has 2 aromatic rings. The van der Waals surface area contributed by atoms with Crippen molar-refractivity contribution in [3.8, 4) is 5.75 Å². The normalized spacial score (nSPS) is 10.7. The van der Waals surface area contributed by atoms with E-state index in [4.69, 9.17) is 14.9 Å². The van der Waals surface area contributed by atoms with E-state index in [1.54, 1.807) is 36.4 Å². The van der Waals surface area contributed by atoms with E-state index in [-0.39, 0.29) is 17.1 Å². The van der Waals surface area contributed by atoms with Crippen molar-refractivity contribution in [3.63, 3.8) is 0 Å². The number of carbonyl (C=O) groups excluding carboxylic acids is 1. The number of aliphatic carboxylic acids is 1. The Kier molecular flexibility index (Phi) is 7.19. The van der Waals surface area contributed by atoms with E-state index in [9.17, 15) is 14.4 Å². The van der Waals surface area contributed by atoms with E-state index in [2.05, 4.69) is 0 Å². The number of ether oxygens (including phenoxy) is 1. The predicted molar refractivity (Wildman–Crippen MR) is 104 cm³/mol. The molecule has 0 unspecified atom stereocenters. The predicted octanol–water partition coefficient (Wildman–Crippen LogP) is 3.61. The highest BCUT2D eigenvalue weighted by atomic mass is 32.2. The Bertz CT molecular complexity index is 871. The molecule has 0 radical (unpaired) electrons. The van der Waals surface area contributed by atoms with Gasteiger partial charge in [0.1, 0.15) is 5.75 Å². The molecule has 27 heavy (non-hydrogen) atoms. The van der Waals surface area contributed by atoms with Crippen LogP contribution in [0.15, 0.2) is 48.5 Å². The van der Waals surface area contributed by atoms with Crippen LogP contribution in [-0.2, 0) is 10.5 Å². The number of allylic oxidation sites excluding steroid dienone is 1. The van der Waals surface area contributed by atoms with Gasteiger partial charge >= 0.3 is 11.9 Å². The van der Waals surface area contributed by atoms with E-state index in [0.717, 1.165) is 5.56 Å². The fourth-order valence-corrected chi connectivity index (χ4v) is 3.02. The van der Waals surface area contributed by atoms with Crippen LogP contribution < -0.4 is 4.74 Å². The third-order valence-corrected chi connectivity index (χ3v) is 4.60. The average molecular weight is 386 g/mol. The maximum absolute atomic E-state index is 12.4. The van der Waals surface area contributed by atoms with Gasteiger partial charge in [-0.05, 0) is 42.0 Å². The number of rotatable bonds is 9. The lowest BCUT2D eigenvalue weighted by Gasteiger charge is -2.09. The van der Waals surface area contributed by atoms with E-state index in [0.29, 0.717) is 22.6 Å². The molecular weight excluding hydrogens is 368 g/mol. The first-order valence-electron chi connectivity index (χ1n) is 7.93. The van der Waals surface area contributed by atoms with Gasteiger partial charge in [0, 0.05) is 16.9 Å². The standard InChI is InChI=1S/C20H18O6S/c1-26-18-9-7-15(10-16(18)11-27-12-19(22)23)17(21)8-4-13-2-5-14(6-3-13)20(24)25/h2-10H,11-12H2,1H3,(H,22,23)(H,24,25)/b8-4+. The van der Waals surface area contributed by atoms with Gasteiger partial charge in [0.05, 0.1) is 18.4 Å². The van der Waals surface area contributed by atoms with Crippen LogP contribution in [0.3, 0.4) is 0 Å². The second kappa shape index (κ2) is 9.59. The maximum atomic E-state index is 12.4. The molecule has 0 spiro atoms. The van der Waals surface area contributed by atoms with Crippen molar-refractivity contribution in [2.45, 2.75) is 5.75 Å². The van der Waals surface area contributed by atoms with Gasteiger partial charge in [-0.25, -0.2) is 4.79 Å². The Morgan fingerprint density at radius 3 is 2.30 bits per heavy atom. The summed E-state index contributed by atoms with van der Waals surface area (Å²) in [6, 6.07) is 11.2. The van der Waals surface area contributed by atoms with Gasteiger partial charge < -0.3 is 14.9 Å². The van der Waals surface area contributed by atoms with Gasteiger partial charge in [-0.1, -0.05) is 18.2 Å². The SMILES string of the molecule is COc1ccc(C(=O)/C=C/c2ccc(C(=O)O)cc2)cc1CSCC(=O)O. The molecule has 2 rings (SSSR count). The molecule has 0 atom stereocenters. The average Bonchev–Trinajstić information content (AvgIpc) is 2.66. The highest BCUT2D eigenvalue weighted by molar-refractivity contribution is 7.99. The number of benzene rings is 2. The Morgan fingerprint density at radius 1 is 1.04 bits per heavy atom. The van der Waals surface area contributed by atoms with E-state index >= 15 is 0 Å². The molecule has 0 amide bonds. The summed E-state index contributed by atoms with van der Waals surface area (Å²) in [6.45, 7) is 0. The summed E-state index contributed by atoms with van der Waals surface area (Å²) in [4.78, 5) is 33.9. The largest absolute Gasteiger partial charge is 0.496 e. The highest BCUT2D eigenvalue weighted by Crippen LogP contribution is 2.25. The number of aromatic carboxylic acids is 1. The number of methoxy groups -OCH3 is 1. The molecule has 6 nitrogen and oxygen atoms in total. The number of carboxylic acid groups (broad SMARTS) is 2. The molecule has 2 N–H and O–H groups in total. The summed E-state index contributed by atoms with van der Waals surface area (Å²) in [5.74, 6) is -1.15. The molecule has 0 aliphatic rings. The molecular formula is C20H18O6S. The minimum atomic E-state index is -1.01. The molecule has 0 saturated heterocycles. The summed E-state index contributed by atoms with van der Waals surface area (Å²) < 4.78 is 5.26. The lowest BCUT2D eigenvalue weighted by molar-refractivity contribution is -0.133. The van der Waals surface area contributed by atoms with Crippen molar-refractivity contribution in [3.05, 3.63) is 70.8 Å². The minimum absolute atomic E-state index is 0.0342. The van der Waals surface area contributed by atoms with Gasteiger partial charge in [0.15, 0.2) is 5.78 Å². The number of hydrogen-bond donors (Lipinski definition) is 2. The first-order valence-corrected chi connectivity index (χ1v) is 9.08. The van der Waals surface area contributed by atoms with Crippen molar-refractivity contribution in [1.29, 1.82) is 0 Å². The Balaban J connectivity index is 2.12. The Morgan fingerprint density at radius 2 is 1.70 bits per heavy atom. The van der Waals surface area contributed by atoms with Crippen LogP contribution in [0.2, 0.25) is 0 Å². The topological polar surface area (TPSA) is 101 Å². The molecule has 140 valence electrons. The zero-order valence-corrected chi connectivity index (χ0v) is 15.4. The lowest BCUT2D eigenvalue weighted by Crippen LogP contribution is -2.01. The number of thioether (sulfide) groups is 1. The van der Waals surface area contributed by atoms with E-state index < -0.39 is 11.9 Å². The number of carbonyl (C=O) groups is 3. The van der Waals surface area contributed by atoms with E-state index in [1.807, 2.05) is 0 Å². The summed E-state index contributed by atoms with van der Waals surface area (Å²) in [5.41, 5.74) is 2.09. The van der Waals surface area contributed by atoms with Crippen molar-refractivity contribution in [2.24, 2.45) is 0 Å². The smallest absolute Gasteiger partial charge is 0.335 e. The zero-order chi connectivity index (χ0) is 19.8. The Labute approximate surface area is 160 Å². The first-order chi connectivity index (χ1) is 12.9. The van der Waals surface area contributed by atoms with Crippen LogP contribution in [-0.4, -0.2) is 40.8 Å². The fourth-order valence-electron chi connectivity index (χ4n) is 2.30. The summed E-state index contributed by atoms with van der Waals surface area (Å²) >= 11 is 1.22. The minimum Gasteiger partial charge on any atom is -0.496 e. The molecule has 0 heterocycles. The van der Waals surface area contributed by atoms with Crippen LogP contribution in [0.4, 0.5) is 0 Å². The maximum Gasteiger partial charge on any atom is 0.335 e. The van der Waals surface area contributed by atoms with Gasteiger partial charge in [-0.2, -0.15) is 0 Å². The quantitative estimate of drug-likeness (QED) is 0.501. The second-order valence-corrected chi connectivity index (χ2v) is 6.52. The molecule has 0 aliphatic carbocycles. The van der Waals surface area contributed by atoms with Crippen LogP contribution >= 0.6 is 11.8 Å². The van der Waals surface area contributed by atoms with Gasteiger partial charge in [-0.15, -0.1) is 11.8 Å². The molecule has 2 aromatic carbocycles. The molecule has 7 heteroatoms. The molecule has 0 bridgehead atoms. The van der Waals surface area contributed by atoms with E-state index in [1.165, 1.54) is 37.1 Å². The van der Waals surface area contributed by atoms with Gasteiger partial charge in [0.25, 0.3) is 0 Å². The molecule has 0 aromatic heterocycles. The van der Waals surface area contributed by atoms with Gasteiger partial charge in [0.2, 0.25) is 0 Å². The van der Waals surface area contributed by atoms with Crippen LogP contribution in [0.5, 0.6) is 5.75 Å². The summed E-state index contributed by atoms with van der Waals surface area (Å²) in [6.07, 6.45) is 3.02. The van der Waals surface area contributed by atoms with Crippen molar-refractivity contribution >= 4 is 35.6 Å². The van der Waals surface area contributed by atoms with Crippen LogP contribution in [0, 0.1) is 0 Å². The highest BCUT2D eigenvalue weighted by Gasteiger charge is 2.10. The molecule has 0 aliphatic heterocycles. The number of ketones is 1. The number of carboxylic acids is 2. The van der Waals surface area contributed by atoms with Gasteiger partial charge in [-0.3, -0.25) is 9.59 Å².